The Hall–Kier alpha value is -0.860. The second-order valence-corrected chi connectivity index (χ2v) is 4.65. The topological polar surface area (TPSA) is 52.9 Å². The van der Waals surface area contributed by atoms with Crippen molar-refractivity contribution in [2.45, 2.75) is 6.92 Å². The van der Waals surface area contributed by atoms with E-state index in [1.807, 2.05) is 24.3 Å². The van der Waals surface area contributed by atoms with E-state index in [1.54, 1.807) is 6.92 Å². The third kappa shape index (κ3) is 3.05. The number of nitriles is 1. The van der Waals surface area contributed by atoms with Crippen molar-refractivity contribution in [3.05, 3.63) is 27.1 Å². The largest absolute Gasteiger partial charge is 0.323 e. The van der Waals surface area contributed by atoms with Gasteiger partial charge >= 0.3 is 0 Å². The zero-order valence-corrected chi connectivity index (χ0v) is 11.1. The van der Waals surface area contributed by atoms with Crippen molar-refractivity contribution < 1.29 is 4.79 Å². The molecule has 1 unspecified atom stereocenters. The molecule has 1 N–H and O–H groups in total. The van der Waals surface area contributed by atoms with Crippen LogP contribution >= 0.6 is 31.9 Å². The maximum atomic E-state index is 11.5. The summed E-state index contributed by atoms with van der Waals surface area (Å²) in [6.45, 7) is 1.56. The smallest absolute Gasteiger partial charge is 0.241 e. The van der Waals surface area contributed by atoms with E-state index in [1.165, 1.54) is 0 Å². The molecule has 1 amide bonds. The molecule has 0 aliphatic carbocycles. The van der Waals surface area contributed by atoms with Crippen molar-refractivity contribution in [2.75, 3.05) is 5.32 Å². The first-order chi connectivity index (χ1) is 7.06. The van der Waals surface area contributed by atoms with E-state index in [9.17, 15) is 4.79 Å². The van der Waals surface area contributed by atoms with Gasteiger partial charge in [0, 0.05) is 8.95 Å². The van der Waals surface area contributed by atoms with Gasteiger partial charge in [-0.25, -0.2) is 0 Å². The van der Waals surface area contributed by atoms with Crippen LogP contribution in [0.3, 0.4) is 0 Å². The van der Waals surface area contributed by atoms with Crippen LogP contribution in [0.1, 0.15) is 6.92 Å². The lowest BCUT2D eigenvalue weighted by Crippen LogP contribution is -2.19. The number of carbonyl (C=O) groups is 1. The molecule has 3 nitrogen and oxygen atoms in total. The maximum absolute atomic E-state index is 11.5. The Balaban J connectivity index is 2.91. The molecule has 0 aliphatic rings. The standard InChI is InChI=1S/C10H8Br2N2O/c1-6(5-13)10(15)14-9-7(11)3-2-4-8(9)12/h2-4,6H,1H3,(H,14,15). The molecule has 1 aromatic carbocycles. The van der Waals surface area contributed by atoms with Crippen LogP contribution in [-0.4, -0.2) is 5.91 Å². The second-order valence-electron chi connectivity index (χ2n) is 2.94. The highest BCUT2D eigenvalue weighted by atomic mass is 79.9. The molecule has 0 fully saturated rings. The molecule has 0 bridgehead atoms. The van der Waals surface area contributed by atoms with Crippen LogP contribution in [0.25, 0.3) is 0 Å². The highest BCUT2D eigenvalue weighted by molar-refractivity contribution is 9.11. The summed E-state index contributed by atoms with van der Waals surface area (Å²) >= 11 is 6.64. The lowest BCUT2D eigenvalue weighted by molar-refractivity contribution is -0.117. The number of hydrogen-bond acceptors (Lipinski definition) is 2. The van der Waals surface area contributed by atoms with Crippen LogP contribution in [0.4, 0.5) is 5.69 Å². The van der Waals surface area contributed by atoms with Crippen molar-refractivity contribution in [1.29, 1.82) is 5.26 Å². The summed E-state index contributed by atoms with van der Waals surface area (Å²) in [5, 5.41) is 11.3. The number of para-hydroxylation sites is 1. The van der Waals surface area contributed by atoms with E-state index < -0.39 is 5.92 Å². The fourth-order valence-electron chi connectivity index (χ4n) is 0.907. The predicted octanol–water partition coefficient (Wildman–Crippen LogP) is 3.31. The number of carbonyl (C=O) groups excluding carboxylic acids is 1. The molecule has 1 aromatic rings. The normalized spacial score (nSPS) is 11.6. The Morgan fingerprint density at radius 1 is 1.47 bits per heavy atom. The molecule has 0 saturated heterocycles. The highest BCUT2D eigenvalue weighted by Crippen LogP contribution is 2.30. The molecule has 1 atom stereocenters. The first-order valence-electron chi connectivity index (χ1n) is 4.20. The van der Waals surface area contributed by atoms with Crippen LogP contribution in [-0.2, 0) is 4.79 Å². The minimum Gasteiger partial charge on any atom is -0.323 e. The van der Waals surface area contributed by atoms with E-state index in [0.29, 0.717) is 5.69 Å². The predicted molar refractivity (Wildman–Crippen MR) is 65.2 cm³/mol. The van der Waals surface area contributed by atoms with E-state index in [2.05, 4.69) is 37.2 Å². The van der Waals surface area contributed by atoms with Crippen LogP contribution in [0, 0.1) is 17.2 Å². The average molecular weight is 332 g/mol. The van der Waals surface area contributed by atoms with Gasteiger partial charge in [0.05, 0.1) is 11.8 Å². The Bertz CT molecular complexity index is 406. The van der Waals surface area contributed by atoms with Gasteiger partial charge in [0.25, 0.3) is 0 Å². The fourth-order valence-corrected chi connectivity index (χ4v) is 2.10. The van der Waals surface area contributed by atoms with Crippen LogP contribution in [0.5, 0.6) is 0 Å². The van der Waals surface area contributed by atoms with Crippen LogP contribution in [0.15, 0.2) is 27.1 Å². The summed E-state index contributed by atoms with van der Waals surface area (Å²) in [7, 11) is 0. The highest BCUT2D eigenvalue weighted by Gasteiger charge is 2.14. The Kier molecular flexibility index (Phi) is 4.30. The second kappa shape index (κ2) is 5.29. The molecule has 0 radical (unpaired) electrons. The maximum Gasteiger partial charge on any atom is 0.241 e. The molecule has 0 saturated carbocycles. The molecular formula is C10H8Br2N2O. The van der Waals surface area contributed by atoms with Gasteiger partial charge in [0.2, 0.25) is 5.91 Å². The molecular weight excluding hydrogens is 324 g/mol. The summed E-state index contributed by atoms with van der Waals surface area (Å²) in [5.74, 6) is -0.978. The molecule has 78 valence electrons. The number of halogens is 2. The van der Waals surface area contributed by atoms with Gasteiger partial charge < -0.3 is 5.32 Å². The van der Waals surface area contributed by atoms with Gasteiger partial charge in [0.1, 0.15) is 5.92 Å². The summed E-state index contributed by atoms with van der Waals surface area (Å²) in [4.78, 5) is 11.5. The molecule has 0 aliphatic heterocycles. The minimum atomic E-state index is -0.663. The van der Waals surface area contributed by atoms with Crippen molar-refractivity contribution in [1.82, 2.24) is 0 Å². The number of anilines is 1. The molecule has 5 heteroatoms. The zero-order valence-electron chi connectivity index (χ0n) is 7.92. The Labute approximate surface area is 105 Å². The number of hydrogen-bond donors (Lipinski definition) is 1. The first-order valence-corrected chi connectivity index (χ1v) is 5.79. The summed E-state index contributed by atoms with van der Waals surface area (Å²) in [6, 6.07) is 7.36. The van der Waals surface area contributed by atoms with E-state index in [4.69, 9.17) is 5.26 Å². The van der Waals surface area contributed by atoms with E-state index in [-0.39, 0.29) is 5.91 Å². The minimum absolute atomic E-state index is 0.315. The Morgan fingerprint density at radius 2 is 2.00 bits per heavy atom. The SMILES string of the molecule is CC(C#N)C(=O)Nc1c(Br)cccc1Br. The third-order valence-electron chi connectivity index (χ3n) is 1.80. The van der Waals surface area contributed by atoms with Crippen molar-refractivity contribution in [3.63, 3.8) is 0 Å². The van der Waals surface area contributed by atoms with Crippen LogP contribution < -0.4 is 5.32 Å². The molecule has 15 heavy (non-hydrogen) atoms. The van der Waals surface area contributed by atoms with Gasteiger partial charge in [-0.1, -0.05) is 6.07 Å². The van der Waals surface area contributed by atoms with Gasteiger partial charge in [-0.15, -0.1) is 0 Å². The lowest BCUT2D eigenvalue weighted by Gasteiger charge is -2.09. The average Bonchev–Trinajstić information content (AvgIpc) is 2.22. The Morgan fingerprint density at radius 3 is 2.47 bits per heavy atom. The molecule has 0 heterocycles. The number of rotatable bonds is 2. The van der Waals surface area contributed by atoms with Gasteiger partial charge in [-0.2, -0.15) is 5.26 Å². The first kappa shape index (κ1) is 12.2. The molecule has 0 aromatic heterocycles. The summed E-state index contributed by atoms with van der Waals surface area (Å²) in [5.41, 5.74) is 0.643. The monoisotopic (exact) mass is 330 g/mol. The lowest BCUT2D eigenvalue weighted by atomic mass is 10.2. The number of nitrogens with zero attached hydrogens (tertiary/aromatic N) is 1. The molecule has 1 rings (SSSR count). The summed E-state index contributed by atoms with van der Waals surface area (Å²) in [6.07, 6.45) is 0. The van der Waals surface area contributed by atoms with Gasteiger partial charge in [-0.3, -0.25) is 4.79 Å². The number of benzene rings is 1. The number of amides is 1. The van der Waals surface area contributed by atoms with Crippen LogP contribution in [0.2, 0.25) is 0 Å². The van der Waals surface area contributed by atoms with E-state index in [0.717, 1.165) is 8.95 Å². The van der Waals surface area contributed by atoms with Gasteiger partial charge in [-0.05, 0) is 50.9 Å². The quantitative estimate of drug-likeness (QED) is 0.903. The molecule has 0 spiro atoms. The zero-order chi connectivity index (χ0) is 11.4. The van der Waals surface area contributed by atoms with Crippen molar-refractivity contribution in [3.8, 4) is 6.07 Å². The third-order valence-corrected chi connectivity index (χ3v) is 3.12. The van der Waals surface area contributed by atoms with Gasteiger partial charge in [0.15, 0.2) is 0 Å². The van der Waals surface area contributed by atoms with Crippen molar-refractivity contribution in [2.24, 2.45) is 5.92 Å². The van der Waals surface area contributed by atoms with Crippen molar-refractivity contribution >= 4 is 43.5 Å². The van der Waals surface area contributed by atoms with E-state index >= 15 is 0 Å². The fraction of sp³-hybridized carbons (Fsp3) is 0.200. The number of nitrogens with one attached hydrogen (secondary N) is 1. The summed E-state index contributed by atoms with van der Waals surface area (Å²) < 4.78 is 1.55.